The highest BCUT2D eigenvalue weighted by Gasteiger charge is 2.10. The largest absolute Gasteiger partial charge is 0.508 e. The number of carboxylic acid groups (broad SMARTS) is 1. The van der Waals surface area contributed by atoms with Crippen molar-refractivity contribution in [3.8, 4) is 5.75 Å². The average molecular weight is 209 g/mol. The summed E-state index contributed by atoms with van der Waals surface area (Å²) in [5.41, 5.74) is 2.35. The summed E-state index contributed by atoms with van der Waals surface area (Å²) in [7, 11) is 0. The van der Waals surface area contributed by atoms with Gasteiger partial charge in [-0.25, -0.2) is 0 Å². The third-order valence-electron chi connectivity index (χ3n) is 2.12. The molecule has 15 heavy (non-hydrogen) atoms. The second kappa shape index (κ2) is 5.36. The highest BCUT2D eigenvalue weighted by molar-refractivity contribution is 5.62. The van der Waals surface area contributed by atoms with E-state index in [1.165, 1.54) is 5.56 Å². The van der Waals surface area contributed by atoms with Crippen LogP contribution in [0.1, 0.15) is 18.1 Å². The lowest BCUT2D eigenvalue weighted by Gasteiger charge is -2.17. The number of fused-ring (bicyclic) bond motifs is 1. The lowest BCUT2D eigenvalue weighted by molar-refractivity contribution is -0.134. The Morgan fingerprint density at radius 2 is 2.13 bits per heavy atom. The maximum absolute atomic E-state index is 9.42. The molecule has 4 nitrogen and oxygen atoms in total. The first-order chi connectivity index (χ1) is 7.11. The van der Waals surface area contributed by atoms with E-state index in [1.807, 2.05) is 6.07 Å². The SMILES string of the molecule is CC(=O)O.Oc1cccc2c1CNCC2. The van der Waals surface area contributed by atoms with Crippen molar-refractivity contribution in [2.24, 2.45) is 0 Å². The third-order valence-corrected chi connectivity index (χ3v) is 2.12. The van der Waals surface area contributed by atoms with E-state index < -0.39 is 5.97 Å². The monoisotopic (exact) mass is 209 g/mol. The summed E-state index contributed by atoms with van der Waals surface area (Å²) in [5.74, 6) is -0.408. The predicted octanol–water partition coefficient (Wildman–Crippen LogP) is 1.13. The zero-order valence-electron chi connectivity index (χ0n) is 8.66. The number of hydrogen-bond donors (Lipinski definition) is 3. The standard InChI is InChI=1S/C9H11NO.C2H4O2/c11-9-3-1-2-7-4-5-10-6-8(7)9;1-2(3)4/h1-3,10-11H,4-6H2;1H3,(H,3,4). The van der Waals surface area contributed by atoms with Gasteiger partial charge in [-0.05, 0) is 24.6 Å². The summed E-state index contributed by atoms with van der Waals surface area (Å²) in [4.78, 5) is 9.00. The van der Waals surface area contributed by atoms with Crippen LogP contribution in [0.2, 0.25) is 0 Å². The highest BCUT2D eigenvalue weighted by Crippen LogP contribution is 2.22. The van der Waals surface area contributed by atoms with Crippen LogP contribution in [0.4, 0.5) is 0 Å². The fourth-order valence-corrected chi connectivity index (χ4v) is 1.50. The summed E-state index contributed by atoms with van der Waals surface area (Å²) in [6, 6.07) is 5.72. The van der Waals surface area contributed by atoms with Crippen molar-refractivity contribution in [3.63, 3.8) is 0 Å². The fraction of sp³-hybridized carbons (Fsp3) is 0.364. The van der Waals surface area contributed by atoms with Gasteiger partial charge in [0, 0.05) is 19.0 Å². The second-order valence-electron chi connectivity index (χ2n) is 3.36. The molecule has 1 aromatic rings. The summed E-state index contributed by atoms with van der Waals surface area (Å²) in [5, 5.41) is 20.1. The van der Waals surface area contributed by atoms with Crippen molar-refractivity contribution in [1.82, 2.24) is 5.32 Å². The van der Waals surface area contributed by atoms with Gasteiger partial charge >= 0.3 is 0 Å². The second-order valence-corrected chi connectivity index (χ2v) is 3.36. The molecule has 0 spiro atoms. The van der Waals surface area contributed by atoms with Crippen LogP contribution in [-0.4, -0.2) is 22.7 Å². The van der Waals surface area contributed by atoms with Gasteiger partial charge in [0.15, 0.2) is 0 Å². The van der Waals surface area contributed by atoms with Gasteiger partial charge in [0.05, 0.1) is 0 Å². The molecule has 0 amide bonds. The molecule has 1 aliphatic rings. The molecule has 1 aliphatic heterocycles. The van der Waals surface area contributed by atoms with E-state index in [4.69, 9.17) is 9.90 Å². The summed E-state index contributed by atoms with van der Waals surface area (Å²) in [6.45, 7) is 2.92. The van der Waals surface area contributed by atoms with Crippen LogP contribution in [0.25, 0.3) is 0 Å². The van der Waals surface area contributed by atoms with Gasteiger partial charge in [-0.3, -0.25) is 4.79 Å². The van der Waals surface area contributed by atoms with Gasteiger partial charge in [-0.1, -0.05) is 12.1 Å². The van der Waals surface area contributed by atoms with Crippen LogP contribution >= 0.6 is 0 Å². The van der Waals surface area contributed by atoms with Crippen LogP contribution in [0.15, 0.2) is 18.2 Å². The lowest BCUT2D eigenvalue weighted by atomic mass is 10.0. The minimum absolute atomic E-state index is 0.426. The Hall–Kier alpha value is -1.55. The van der Waals surface area contributed by atoms with Crippen molar-refractivity contribution in [1.29, 1.82) is 0 Å². The van der Waals surface area contributed by atoms with Crippen molar-refractivity contribution in [3.05, 3.63) is 29.3 Å². The first-order valence-corrected chi connectivity index (χ1v) is 4.81. The number of hydrogen-bond acceptors (Lipinski definition) is 3. The normalized spacial score (nSPS) is 13.4. The number of phenolic OH excluding ortho intramolecular Hbond substituents is 1. The zero-order valence-corrected chi connectivity index (χ0v) is 8.66. The van der Waals surface area contributed by atoms with Crippen LogP contribution < -0.4 is 5.32 Å². The van der Waals surface area contributed by atoms with Gasteiger partial charge < -0.3 is 15.5 Å². The van der Waals surface area contributed by atoms with E-state index in [0.29, 0.717) is 5.75 Å². The quantitative estimate of drug-likeness (QED) is 0.599. The summed E-state index contributed by atoms with van der Waals surface area (Å²) in [6.07, 6.45) is 1.03. The number of carboxylic acids is 1. The number of nitrogens with one attached hydrogen (secondary N) is 1. The van der Waals surface area contributed by atoms with E-state index in [0.717, 1.165) is 32.0 Å². The molecule has 0 saturated carbocycles. The topological polar surface area (TPSA) is 69.6 Å². The van der Waals surface area contributed by atoms with E-state index in [-0.39, 0.29) is 0 Å². The first kappa shape index (κ1) is 11.5. The van der Waals surface area contributed by atoms with Crippen LogP contribution in [0.3, 0.4) is 0 Å². The molecule has 82 valence electrons. The summed E-state index contributed by atoms with van der Waals surface area (Å²) < 4.78 is 0. The molecule has 0 aliphatic carbocycles. The molecule has 0 saturated heterocycles. The van der Waals surface area contributed by atoms with Crippen LogP contribution in [0.5, 0.6) is 5.75 Å². The first-order valence-electron chi connectivity index (χ1n) is 4.81. The molecular weight excluding hydrogens is 194 g/mol. The third kappa shape index (κ3) is 3.59. The Morgan fingerprint density at radius 3 is 2.73 bits per heavy atom. The number of carbonyl (C=O) groups is 1. The Balaban J connectivity index is 0.000000245. The molecule has 0 atom stereocenters. The molecule has 0 aromatic heterocycles. The van der Waals surface area contributed by atoms with Gasteiger partial charge in [0.2, 0.25) is 0 Å². The number of phenols is 1. The molecule has 0 bridgehead atoms. The molecule has 0 unspecified atom stereocenters. The van der Waals surface area contributed by atoms with Crippen LogP contribution in [-0.2, 0) is 17.8 Å². The molecule has 1 aromatic carbocycles. The van der Waals surface area contributed by atoms with E-state index >= 15 is 0 Å². The molecule has 4 heteroatoms. The average Bonchev–Trinajstić information content (AvgIpc) is 2.18. The Labute approximate surface area is 88.6 Å². The minimum atomic E-state index is -0.833. The van der Waals surface area contributed by atoms with Gasteiger partial charge in [0.1, 0.15) is 5.75 Å². The van der Waals surface area contributed by atoms with E-state index in [1.54, 1.807) is 6.07 Å². The molecule has 3 N–H and O–H groups in total. The zero-order chi connectivity index (χ0) is 11.3. The molecular formula is C11H15NO3. The van der Waals surface area contributed by atoms with Crippen molar-refractivity contribution >= 4 is 5.97 Å². The number of aromatic hydroxyl groups is 1. The molecule has 1 heterocycles. The number of benzene rings is 1. The Kier molecular flexibility index (Phi) is 4.12. The fourth-order valence-electron chi connectivity index (χ4n) is 1.50. The summed E-state index contributed by atoms with van der Waals surface area (Å²) >= 11 is 0. The van der Waals surface area contributed by atoms with Crippen molar-refractivity contribution in [2.45, 2.75) is 19.9 Å². The maximum atomic E-state index is 9.42. The minimum Gasteiger partial charge on any atom is -0.508 e. The Bertz CT molecular complexity index is 346. The lowest BCUT2D eigenvalue weighted by Crippen LogP contribution is -2.23. The molecule has 0 fully saturated rings. The van der Waals surface area contributed by atoms with Gasteiger partial charge in [-0.15, -0.1) is 0 Å². The molecule has 0 radical (unpaired) electrons. The van der Waals surface area contributed by atoms with E-state index in [9.17, 15) is 5.11 Å². The maximum Gasteiger partial charge on any atom is 0.300 e. The van der Waals surface area contributed by atoms with Crippen LogP contribution in [0, 0.1) is 0 Å². The highest BCUT2D eigenvalue weighted by atomic mass is 16.4. The smallest absolute Gasteiger partial charge is 0.300 e. The molecule has 2 rings (SSSR count). The Morgan fingerprint density at radius 1 is 1.47 bits per heavy atom. The predicted molar refractivity (Wildman–Crippen MR) is 56.8 cm³/mol. The van der Waals surface area contributed by atoms with Crippen molar-refractivity contribution < 1.29 is 15.0 Å². The van der Waals surface area contributed by atoms with Gasteiger partial charge in [-0.2, -0.15) is 0 Å². The number of aliphatic carboxylic acids is 1. The number of rotatable bonds is 0. The van der Waals surface area contributed by atoms with Crippen molar-refractivity contribution in [2.75, 3.05) is 6.54 Å². The van der Waals surface area contributed by atoms with Gasteiger partial charge in [0.25, 0.3) is 5.97 Å². The van der Waals surface area contributed by atoms with E-state index in [2.05, 4.69) is 11.4 Å².